The molecule has 8 nitrogen and oxygen atoms in total. The van der Waals surface area contributed by atoms with E-state index in [4.69, 9.17) is 18.6 Å². The maximum absolute atomic E-state index is 12.3. The summed E-state index contributed by atoms with van der Waals surface area (Å²) in [7, 11) is 2.35. The molecule has 0 fully saturated rings. The van der Waals surface area contributed by atoms with E-state index in [1.807, 2.05) is 19.1 Å². The Kier molecular flexibility index (Phi) is 7.08. The second-order valence-corrected chi connectivity index (χ2v) is 5.67. The Bertz CT molecular complexity index is 942. The van der Waals surface area contributed by atoms with Crippen molar-refractivity contribution in [3.8, 4) is 11.3 Å². The largest absolute Gasteiger partial charge is 0.465 e. The monoisotopic (exact) mass is 387 g/mol. The van der Waals surface area contributed by atoms with E-state index in [0.29, 0.717) is 5.56 Å². The van der Waals surface area contributed by atoms with E-state index in [1.165, 1.54) is 13.2 Å². The van der Waals surface area contributed by atoms with Crippen LogP contribution in [0.1, 0.15) is 33.2 Å². The molecule has 0 aliphatic carbocycles. The first-order valence-corrected chi connectivity index (χ1v) is 8.49. The smallest absolute Gasteiger partial charge is 0.344 e. The van der Waals surface area contributed by atoms with Crippen molar-refractivity contribution in [1.29, 1.82) is 0 Å². The number of hydrogen-bond donors (Lipinski definition) is 0. The molecule has 2 aromatic rings. The predicted octanol–water partition coefficient (Wildman–Crippen LogP) is 2.29. The predicted molar refractivity (Wildman–Crippen MR) is 98.6 cm³/mol. The number of carbonyl (C=O) groups excluding carboxylic acids is 3. The van der Waals surface area contributed by atoms with E-state index in [2.05, 4.69) is 4.99 Å². The number of esters is 3. The van der Waals surface area contributed by atoms with E-state index in [0.717, 1.165) is 12.7 Å². The number of nitrogens with zero attached hydrogens (tertiary/aromatic N) is 1. The van der Waals surface area contributed by atoms with Crippen LogP contribution in [0.2, 0.25) is 0 Å². The molecule has 1 heterocycles. The number of hydrogen-bond acceptors (Lipinski definition) is 8. The van der Waals surface area contributed by atoms with Crippen LogP contribution in [-0.4, -0.2) is 45.3 Å². The Labute approximate surface area is 161 Å². The molecule has 0 aliphatic rings. The van der Waals surface area contributed by atoms with Gasteiger partial charge < -0.3 is 18.6 Å². The molecule has 148 valence electrons. The van der Waals surface area contributed by atoms with Crippen molar-refractivity contribution in [1.82, 2.24) is 0 Å². The summed E-state index contributed by atoms with van der Waals surface area (Å²) >= 11 is 0. The zero-order valence-electron chi connectivity index (χ0n) is 16.1. The van der Waals surface area contributed by atoms with Gasteiger partial charge in [-0.15, -0.1) is 0 Å². The lowest BCUT2D eigenvalue weighted by atomic mass is 10.1. The molecule has 0 aliphatic heterocycles. The van der Waals surface area contributed by atoms with Crippen LogP contribution in [-0.2, 0) is 19.0 Å². The molecule has 1 aromatic carbocycles. The summed E-state index contributed by atoms with van der Waals surface area (Å²) in [6, 6.07) is 8.70. The van der Waals surface area contributed by atoms with E-state index in [9.17, 15) is 14.4 Å². The first-order chi connectivity index (χ1) is 13.4. The summed E-state index contributed by atoms with van der Waals surface area (Å²) in [6.07, 6.45) is 0. The van der Waals surface area contributed by atoms with Crippen molar-refractivity contribution in [3.05, 3.63) is 52.6 Å². The SMILES string of the molecule is CCOC(=O)CN=c1oc(-c2ccc(C)cc2)cc(C(=O)OC)c1C(=O)OC. The quantitative estimate of drug-likeness (QED) is 0.553. The highest BCUT2D eigenvalue weighted by Gasteiger charge is 2.24. The Morgan fingerprint density at radius 2 is 1.68 bits per heavy atom. The molecule has 28 heavy (non-hydrogen) atoms. The molecule has 0 saturated heterocycles. The van der Waals surface area contributed by atoms with Gasteiger partial charge in [0.05, 0.1) is 26.4 Å². The van der Waals surface area contributed by atoms with Crippen LogP contribution in [0.15, 0.2) is 39.7 Å². The molecule has 0 saturated carbocycles. The summed E-state index contributed by atoms with van der Waals surface area (Å²) in [5.41, 5.74) is 1.15. The van der Waals surface area contributed by atoms with Gasteiger partial charge in [0.15, 0.2) is 0 Å². The molecule has 8 heteroatoms. The minimum absolute atomic E-state index is 0.0845. The van der Waals surface area contributed by atoms with Crippen LogP contribution in [0.4, 0.5) is 0 Å². The summed E-state index contributed by atoms with van der Waals surface area (Å²) < 4.78 is 20.1. The van der Waals surface area contributed by atoms with Gasteiger partial charge in [0.25, 0.3) is 0 Å². The molecule has 0 atom stereocenters. The van der Waals surface area contributed by atoms with Gasteiger partial charge in [-0.05, 0) is 19.9 Å². The molecule has 2 rings (SSSR count). The number of rotatable bonds is 6. The Balaban J connectivity index is 2.73. The summed E-state index contributed by atoms with van der Waals surface area (Å²) in [5.74, 6) is -1.94. The highest BCUT2D eigenvalue weighted by Crippen LogP contribution is 2.22. The maximum Gasteiger partial charge on any atom is 0.344 e. The Morgan fingerprint density at radius 1 is 1.04 bits per heavy atom. The van der Waals surface area contributed by atoms with E-state index >= 15 is 0 Å². The van der Waals surface area contributed by atoms with Gasteiger partial charge in [0.1, 0.15) is 17.9 Å². The Hall–Kier alpha value is -3.42. The van der Waals surface area contributed by atoms with Gasteiger partial charge in [-0.3, -0.25) is 4.79 Å². The van der Waals surface area contributed by atoms with Crippen molar-refractivity contribution in [3.63, 3.8) is 0 Å². The third kappa shape index (κ3) is 4.85. The van der Waals surface area contributed by atoms with Crippen LogP contribution in [0.5, 0.6) is 0 Å². The van der Waals surface area contributed by atoms with Gasteiger partial charge >= 0.3 is 17.9 Å². The number of methoxy groups -OCH3 is 2. The van der Waals surface area contributed by atoms with Gasteiger partial charge in [-0.25, -0.2) is 14.6 Å². The number of ether oxygens (including phenoxy) is 3. The molecule has 1 aromatic heterocycles. The van der Waals surface area contributed by atoms with Crippen LogP contribution < -0.4 is 5.55 Å². The molecule has 0 bridgehead atoms. The highest BCUT2D eigenvalue weighted by atomic mass is 16.5. The molecule has 0 radical (unpaired) electrons. The normalized spacial score (nSPS) is 11.1. The third-order valence-corrected chi connectivity index (χ3v) is 3.75. The summed E-state index contributed by atoms with van der Waals surface area (Å²) in [5, 5.41) is 0. The van der Waals surface area contributed by atoms with E-state index in [1.54, 1.807) is 19.1 Å². The second kappa shape index (κ2) is 9.50. The lowest BCUT2D eigenvalue weighted by molar-refractivity contribution is -0.141. The second-order valence-electron chi connectivity index (χ2n) is 5.67. The summed E-state index contributed by atoms with van der Waals surface area (Å²) in [6.45, 7) is 3.39. The molecule has 0 amide bonds. The highest BCUT2D eigenvalue weighted by molar-refractivity contribution is 6.03. The van der Waals surface area contributed by atoms with Crippen molar-refractivity contribution < 1.29 is 33.0 Å². The third-order valence-electron chi connectivity index (χ3n) is 3.75. The zero-order valence-corrected chi connectivity index (χ0v) is 16.1. The summed E-state index contributed by atoms with van der Waals surface area (Å²) in [4.78, 5) is 40.2. The topological polar surface area (TPSA) is 104 Å². The van der Waals surface area contributed by atoms with Crippen molar-refractivity contribution in [2.24, 2.45) is 4.99 Å². The van der Waals surface area contributed by atoms with Crippen LogP contribution in [0, 0.1) is 6.92 Å². The molecule has 0 N–H and O–H groups in total. The minimum atomic E-state index is -0.845. The van der Waals surface area contributed by atoms with Crippen molar-refractivity contribution >= 4 is 17.9 Å². The maximum atomic E-state index is 12.3. The number of aryl methyl sites for hydroxylation is 1. The fourth-order valence-corrected chi connectivity index (χ4v) is 2.39. The molecular formula is C20H21NO7. The Morgan fingerprint density at radius 3 is 2.25 bits per heavy atom. The fourth-order valence-electron chi connectivity index (χ4n) is 2.39. The van der Waals surface area contributed by atoms with Gasteiger partial charge in [-0.2, -0.15) is 0 Å². The average Bonchev–Trinajstić information content (AvgIpc) is 2.71. The van der Waals surface area contributed by atoms with E-state index in [-0.39, 0.29) is 35.6 Å². The van der Waals surface area contributed by atoms with Crippen molar-refractivity contribution in [2.75, 3.05) is 27.4 Å². The first-order valence-electron chi connectivity index (χ1n) is 8.49. The van der Waals surface area contributed by atoms with Gasteiger partial charge in [0.2, 0.25) is 5.55 Å². The van der Waals surface area contributed by atoms with Gasteiger partial charge in [-0.1, -0.05) is 29.8 Å². The molecule has 0 spiro atoms. The zero-order chi connectivity index (χ0) is 20.7. The number of benzene rings is 1. The first kappa shape index (κ1) is 20.9. The van der Waals surface area contributed by atoms with Gasteiger partial charge in [0, 0.05) is 5.56 Å². The fraction of sp³-hybridized carbons (Fsp3) is 0.300. The standard InChI is InChI=1S/C20H21NO7/c1-5-27-16(22)11-21-18-17(20(24)26-4)14(19(23)25-3)10-15(28-18)13-8-6-12(2)7-9-13/h6-10H,5,11H2,1-4H3. The van der Waals surface area contributed by atoms with Crippen LogP contribution in [0.25, 0.3) is 11.3 Å². The van der Waals surface area contributed by atoms with Crippen LogP contribution >= 0.6 is 0 Å². The van der Waals surface area contributed by atoms with E-state index < -0.39 is 17.9 Å². The average molecular weight is 387 g/mol. The minimum Gasteiger partial charge on any atom is -0.465 e. The molecular weight excluding hydrogens is 366 g/mol. The molecule has 0 unspecified atom stereocenters. The van der Waals surface area contributed by atoms with Crippen LogP contribution in [0.3, 0.4) is 0 Å². The number of carbonyl (C=O) groups is 3. The lowest BCUT2D eigenvalue weighted by Crippen LogP contribution is -2.24. The van der Waals surface area contributed by atoms with Crippen molar-refractivity contribution in [2.45, 2.75) is 13.8 Å². The lowest BCUT2D eigenvalue weighted by Gasteiger charge is -2.10.